The zero-order valence-electron chi connectivity index (χ0n) is 13.8. The summed E-state index contributed by atoms with van der Waals surface area (Å²) in [6, 6.07) is 3.66. The first-order chi connectivity index (χ1) is 12.6. The lowest BCUT2D eigenvalue weighted by Crippen LogP contribution is -2.41. The molecule has 0 aromatic carbocycles. The molecule has 0 aliphatic carbocycles. The maximum absolute atomic E-state index is 12.5. The van der Waals surface area contributed by atoms with E-state index in [-0.39, 0.29) is 12.1 Å². The smallest absolute Gasteiger partial charge is 0.328 e. The molecule has 136 valence electrons. The number of carbonyl (C=O) groups excluding carboxylic acids is 1. The molecule has 0 aliphatic rings. The lowest BCUT2D eigenvalue weighted by atomic mass is 10.3. The standard InChI is InChI=1S/C15H16N6O3S2/c1-20-9-18-19-15(20)26-6-4-16-12(22)11-7-17-14(24)21(13(11)23)8-10-3-2-5-25-10/h2-3,5,7,9H,4,6,8H2,1H3,(H,16,22)(H,17,24). The number of hydrogen-bond donors (Lipinski definition) is 2. The van der Waals surface area contributed by atoms with Crippen LogP contribution in [0.4, 0.5) is 0 Å². The van der Waals surface area contributed by atoms with Gasteiger partial charge < -0.3 is 14.9 Å². The summed E-state index contributed by atoms with van der Waals surface area (Å²) in [6.07, 6.45) is 2.75. The van der Waals surface area contributed by atoms with Gasteiger partial charge in [-0.25, -0.2) is 4.79 Å². The van der Waals surface area contributed by atoms with Gasteiger partial charge in [0.15, 0.2) is 5.16 Å². The first-order valence-corrected chi connectivity index (χ1v) is 9.52. The van der Waals surface area contributed by atoms with E-state index in [0.717, 1.165) is 20.8 Å². The fraction of sp³-hybridized carbons (Fsp3) is 0.267. The number of hydrogen-bond acceptors (Lipinski definition) is 7. The van der Waals surface area contributed by atoms with E-state index < -0.39 is 17.2 Å². The fourth-order valence-electron chi connectivity index (χ4n) is 2.18. The lowest BCUT2D eigenvalue weighted by Gasteiger charge is -2.07. The number of carbonyl (C=O) groups is 1. The van der Waals surface area contributed by atoms with Crippen molar-refractivity contribution in [1.29, 1.82) is 0 Å². The molecule has 0 fully saturated rings. The van der Waals surface area contributed by atoms with Crippen molar-refractivity contribution in [3.63, 3.8) is 0 Å². The van der Waals surface area contributed by atoms with Crippen molar-refractivity contribution in [2.75, 3.05) is 12.3 Å². The Bertz CT molecular complexity index is 1010. The minimum atomic E-state index is -0.611. The van der Waals surface area contributed by atoms with E-state index in [1.165, 1.54) is 23.1 Å². The van der Waals surface area contributed by atoms with E-state index in [2.05, 4.69) is 20.5 Å². The average molecular weight is 392 g/mol. The number of amides is 1. The molecular weight excluding hydrogens is 376 g/mol. The van der Waals surface area contributed by atoms with Crippen LogP contribution < -0.4 is 16.6 Å². The van der Waals surface area contributed by atoms with E-state index in [4.69, 9.17) is 0 Å². The molecule has 3 aromatic rings. The third-order valence-corrected chi connectivity index (χ3v) is 5.39. The number of rotatable bonds is 7. The number of thiophene rings is 1. The molecule has 0 spiro atoms. The molecule has 2 N–H and O–H groups in total. The van der Waals surface area contributed by atoms with Crippen molar-refractivity contribution < 1.29 is 4.79 Å². The number of H-pyrrole nitrogens is 1. The molecule has 0 saturated carbocycles. The van der Waals surface area contributed by atoms with Gasteiger partial charge >= 0.3 is 5.69 Å². The highest BCUT2D eigenvalue weighted by Gasteiger charge is 2.15. The Kier molecular flexibility index (Phi) is 5.68. The largest absolute Gasteiger partial charge is 0.351 e. The normalized spacial score (nSPS) is 10.8. The zero-order chi connectivity index (χ0) is 18.5. The van der Waals surface area contributed by atoms with Crippen molar-refractivity contribution in [3.8, 4) is 0 Å². The molecule has 0 bridgehead atoms. The molecule has 0 saturated heterocycles. The van der Waals surface area contributed by atoms with Crippen LogP contribution in [0, 0.1) is 0 Å². The second-order valence-corrected chi connectivity index (χ2v) is 7.40. The molecule has 0 radical (unpaired) electrons. The van der Waals surface area contributed by atoms with Crippen LogP contribution in [0.3, 0.4) is 0 Å². The molecule has 0 unspecified atom stereocenters. The first-order valence-electron chi connectivity index (χ1n) is 7.66. The van der Waals surface area contributed by atoms with E-state index >= 15 is 0 Å². The second kappa shape index (κ2) is 8.15. The minimum absolute atomic E-state index is 0.0928. The van der Waals surface area contributed by atoms with Gasteiger partial charge in [0.05, 0.1) is 6.54 Å². The van der Waals surface area contributed by atoms with Crippen LogP contribution in [0.5, 0.6) is 0 Å². The topological polar surface area (TPSA) is 115 Å². The van der Waals surface area contributed by atoms with Gasteiger partial charge in [0.1, 0.15) is 11.9 Å². The summed E-state index contributed by atoms with van der Waals surface area (Å²) in [7, 11) is 1.83. The first kappa shape index (κ1) is 18.1. The van der Waals surface area contributed by atoms with Crippen molar-refractivity contribution >= 4 is 29.0 Å². The quantitative estimate of drug-likeness (QED) is 0.441. The molecule has 11 heteroatoms. The van der Waals surface area contributed by atoms with E-state index in [1.807, 2.05) is 24.6 Å². The zero-order valence-corrected chi connectivity index (χ0v) is 15.5. The van der Waals surface area contributed by atoms with Gasteiger partial charge in [0.25, 0.3) is 11.5 Å². The fourth-order valence-corrected chi connectivity index (χ4v) is 3.62. The van der Waals surface area contributed by atoms with E-state index in [1.54, 1.807) is 10.9 Å². The third kappa shape index (κ3) is 4.11. The average Bonchev–Trinajstić information content (AvgIpc) is 3.27. The van der Waals surface area contributed by atoms with Gasteiger partial charge in [-0.15, -0.1) is 21.5 Å². The van der Waals surface area contributed by atoms with Gasteiger partial charge in [-0.05, 0) is 11.4 Å². The predicted octanol–water partition coefficient (Wildman–Crippen LogP) is 0.297. The molecule has 3 rings (SSSR count). The highest BCUT2D eigenvalue weighted by Crippen LogP contribution is 2.12. The van der Waals surface area contributed by atoms with Gasteiger partial charge in [0.2, 0.25) is 0 Å². The Morgan fingerprint density at radius 2 is 2.27 bits per heavy atom. The lowest BCUT2D eigenvalue weighted by molar-refractivity contribution is 0.0953. The summed E-state index contributed by atoms with van der Waals surface area (Å²) in [5, 5.41) is 13.0. The van der Waals surface area contributed by atoms with Gasteiger partial charge in [-0.3, -0.25) is 14.2 Å². The number of aromatic amines is 1. The summed E-state index contributed by atoms with van der Waals surface area (Å²) in [5.74, 6) is 0.0510. The van der Waals surface area contributed by atoms with Gasteiger partial charge in [0, 0.05) is 30.4 Å². The highest BCUT2D eigenvalue weighted by atomic mass is 32.2. The summed E-state index contributed by atoms with van der Waals surface area (Å²) in [6.45, 7) is 0.481. The van der Waals surface area contributed by atoms with Crippen molar-refractivity contribution in [2.45, 2.75) is 11.7 Å². The Labute approximate surface area is 156 Å². The molecule has 3 heterocycles. The van der Waals surface area contributed by atoms with Crippen molar-refractivity contribution in [3.05, 3.63) is 61.3 Å². The van der Waals surface area contributed by atoms with Crippen LogP contribution in [0.25, 0.3) is 0 Å². The molecule has 0 aliphatic heterocycles. The van der Waals surface area contributed by atoms with Crippen LogP contribution in [-0.2, 0) is 13.6 Å². The Balaban J connectivity index is 1.64. The highest BCUT2D eigenvalue weighted by molar-refractivity contribution is 7.99. The molecule has 26 heavy (non-hydrogen) atoms. The van der Waals surface area contributed by atoms with Crippen LogP contribution in [0.1, 0.15) is 15.2 Å². The van der Waals surface area contributed by atoms with Crippen molar-refractivity contribution in [2.24, 2.45) is 7.05 Å². The van der Waals surface area contributed by atoms with E-state index in [0.29, 0.717) is 12.3 Å². The number of nitrogens with zero attached hydrogens (tertiary/aromatic N) is 4. The van der Waals surface area contributed by atoms with Gasteiger partial charge in [-0.2, -0.15) is 0 Å². The molecule has 3 aromatic heterocycles. The monoisotopic (exact) mass is 392 g/mol. The summed E-state index contributed by atoms with van der Waals surface area (Å²) in [4.78, 5) is 40.0. The van der Waals surface area contributed by atoms with Crippen LogP contribution in [0.15, 0.2) is 44.8 Å². The Morgan fingerprint density at radius 3 is 2.96 bits per heavy atom. The SMILES string of the molecule is Cn1cnnc1SCCNC(=O)c1c[nH]c(=O)n(Cc2cccs2)c1=O. The van der Waals surface area contributed by atoms with Crippen LogP contribution >= 0.6 is 23.1 Å². The maximum Gasteiger partial charge on any atom is 0.328 e. The summed E-state index contributed by atoms with van der Waals surface area (Å²) < 4.78 is 2.80. The molecule has 9 nitrogen and oxygen atoms in total. The molecule has 0 atom stereocenters. The number of nitrogens with one attached hydrogen (secondary N) is 2. The predicted molar refractivity (Wildman–Crippen MR) is 98.8 cm³/mol. The Hall–Kier alpha value is -2.66. The molecule has 1 amide bonds. The number of aryl methyl sites for hydroxylation is 1. The summed E-state index contributed by atoms with van der Waals surface area (Å²) >= 11 is 2.88. The maximum atomic E-state index is 12.5. The van der Waals surface area contributed by atoms with Gasteiger partial charge in [-0.1, -0.05) is 17.8 Å². The van der Waals surface area contributed by atoms with E-state index in [9.17, 15) is 14.4 Å². The summed E-state index contributed by atoms with van der Waals surface area (Å²) in [5.41, 5.74) is -1.25. The number of thioether (sulfide) groups is 1. The second-order valence-electron chi connectivity index (χ2n) is 5.31. The number of aromatic nitrogens is 5. The van der Waals surface area contributed by atoms with Crippen LogP contribution in [0.2, 0.25) is 0 Å². The molecular formula is C15H16N6O3S2. The third-order valence-electron chi connectivity index (χ3n) is 3.49. The minimum Gasteiger partial charge on any atom is -0.351 e. The Morgan fingerprint density at radius 1 is 1.42 bits per heavy atom. The van der Waals surface area contributed by atoms with Crippen LogP contribution in [-0.4, -0.2) is 42.5 Å². The van der Waals surface area contributed by atoms with Crippen molar-refractivity contribution in [1.82, 2.24) is 29.6 Å².